The van der Waals surface area contributed by atoms with Crippen LogP contribution in [0.2, 0.25) is 5.02 Å². The van der Waals surface area contributed by atoms with E-state index in [1.54, 1.807) is 0 Å². The van der Waals surface area contributed by atoms with Crippen molar-refractivity contribution in [2.45, 2.75) is 39.2 Å². The van der Waals surface area contributed by atoms with Crippen molar-refractivity contribution in [3.05, 3.63) is 40.6 Å². The van der Waals surface area contributed by atoms with Crippen LogP contribution in [-0.4, -0.2) is 84.8 Å². The Kier molecular flexibility index (Phi) is 7.56. The second-order valence-electron chi connectivity index (χ2n) is 12.3. The van der Waals surface area contributed by atoms with Crippen LogP contribution in [0.3, 0.4) is 0 Å². The molecule has 214 valence electrons. The van der Waals surface area contributed by atoms with Crippen molar-refractivity contribution >= 4 is 41.5 Å². The molecule has 9 nitrogen and oxygen atoms in total. The van der Waals surface area contributed by atoms with Gasteiger partial charge in [-0.15, -0.1) is 0 Å². The number of nitrogens with one attached hydrogen (secondary N) is 1. The maximum absolute atomic E-state index is 12.0. The molecule has 3 aliphatic rings. The summed E-state index contributed by atoms with van der Waals surface area (Å²) in [6, 6.07) is 2.03. The third-order valence-corrected chi connectivity index (χ3v) is 9.62. The first kappa shape index (κ1) is 28.4. The number of rotatable bonds is 8. The van der Waals surface area contributed by atoms with Crippen LogP contribution in [0.4, 0.5) is 11.5 Å². The minimum absolute atomic E-state index is 0.00643. The molecule has 1 aromatic heterocycles. The number of aromatic nitrogens is 2. The Morgan fingerprint density at radius 1 is 1.30 bits per heavy atom. The molecular weight excluding hydrogens is 526 g/mol. The molecule has 1 aromatic carbocycles. The molecule has 3 heterocycles. The Morgan fingerprint density at radius 3 is 2.60 bits per heavy atom. The van der Waals surface area contributed by atoms with Gasteiger partial charge < -0.3 is 30.6 Å². The minimum Gasteiger partial charge on any atom is -0.398 e. The van der Waals surface area contributed by atoms with Crippen LogP contribution < -0.4 is 10.6 Å². The van der Waals surface area contributed by atoms with Gasteiger partial charge in [0.2, 0.25) is 5.91 Å². The van der Waals surface area contributed by atoms with E-state index in [9.17, 15) is 9.59 Å². The van der Waals surface area contributed by atoms with Crippen molar-refractivity contribution in [3.8, 4) is 11.1 Å². The van der Waals surface area contributed by atoms with Crippen molar-refractivity contribution < 1.29 is 9.59 Å². The van der Waals surface area contributed by atoms with Crippen molar-refractivity contribution in [2.75, 3.05) is 57.5 Å². The number of hydrogen-bond acceptors (Lipinski definition) is 7. The molecular formula is C30H40ClN7O2. The van der Waals surface area contributed by atoms with E-state index in [1.807, 2.05) is 32.0 Å². The fourth-order valence-electron chi connectivity index (χ4n) is 7.11. The van der Waals surface area contributed by atoms with Gasteiger partial charge in [-0.2, -0.15) is 5.10 Å². The van der Waals surface area contributed by atoms with Gasteiger partial charge in [0, 0.05) is 78.3 Å². The molecule has 0 bridgehead atoms. The lowest BCUT2D eigenvalue weighted by molar-refractivity contribution is -0.149. The smallest absolute Gasteiger partial charge is 0.245 e. The highest BCUT2D eigenvalue weighted by Crippen LogP contribution is 2.55. The fourth-order valence-corrected chi connectivity index (χ4v) is 7.36. The van der Waals surface area contributed by atoms with Crippen LogP contribution in [0, 0.1) is 36.5 Å². The van der Waals surface area contributed by atoms with Crippen LogP contribution in [0.25, 0.3) is 11.1 Å². The quantitative estimate of drug-likeness (QED) is 0.217. The first-order valence-electron chi connectivity index (χ1n) is 14.0. The summed E-state index contributed by atoms with van der Waals surface area (Å²) in [6.07, 6.45) is 6.43. The summed E-state index contributed by atoms with van der Waals surface area (Å²) in [6.45, 7) is 11.4. The van der Waals surface area contributed by atoms with Crippen molar-refractivity contribution in [1.82, 2.24) is 19.6 Å². The summed E-state index contributed by atoms with van der Waals surface area (Å²) in [5.41, 5.74) is 11.2. The molecule has 10 heteroatoms. The highest BCUT2D eigenvalue weighted by atomic mass is 35.5. The summed E-state index contributed by atoms with van der Waals surface area (Å²) in [7, 11) is 4.07. The van der Waals surface area contributed by atoms with Gasteiger partial charge >= 0.3 is 0 Å². The van der Waals surface area contributed by atoms with E-state index in [1.165, 1.54) is 12.3 Å². The largest absolute Gasteiger partial charge is 0.398 e. The molecule has 5 rings (SSSR count). The number of aldehydes is 1. The molecule has 2 unspecified atom stereocenters. The number of likely N-dealkylation sites (tertiary alicyclic amines) is 1. The molecule has 2 aliphatic heterocycles. The predicted octanol–water partition coefficient (Wildman–Crippen LogP) is 3.95. The molecule has 40 heavy (non-hydrogen) atoms. The zero-order chi connectivity index (χ0) is 28.9. The SMILES string of the molecule is C=CC(=O)N1CC2(CC(n3nc(N4CCC(C=O)C(CN(C)C)C4)c(-c4c(Cl)c(C)cc(N)c4C=N)c3C)C2)C1. The normalized spacial score (nSPS) is 22.2. The van der Waals surface area contributed by atoms with Gasteiger partial charge in [-0.1, -0.05) is 18.2 Å². The maximum atomic E-state index is 12.0. The Balaban J connectivity index is 1.55. The summed E-state index contributed by atoms with van der Waals surface area (Å²) in [5.74, 6) is 1.01. The van der Waals surface area contributed by atoms with Crippen molar-refractivity contribution in [1.29, 1.82) is 5.41 Å². The number of nitrogens with two attached hydrogens (primary N) is 1. The topological polar surface area (TPSA) is 112 Å². The molecule has 0 radical (unpaired) electrons. The van der Waals surface area contributed by atoms with Crippen LogP contribution in [-0.2, 0) is 9.59 Å². The van der Waals surface area contributed by atoms with Crippen molar-refractivity contribution in [3.63, 3.8) is 0 Å². The number of aryl methyl sites for hydroxylation is 1. The van der Waals surface area contributed by atoms with Gasteiger partial charge in [0.05, 0.1) is 11.1 Å². The van der Waals surface area contributed by atoms with Crippen LogP contribution >= 0.6 is 11.6 Å². The number of hydrogen-bond donors (Lipinski definition) is 2. The molecule has 3 fully saturated rings. The highest BCUT2D eigenvalue weighted by Gasteiger charge is 2.54. The van der Waals surface area contributed by atoms with E-state index in [4.69, 9.17) is 27.8 Å². The Morgan fingerprint density at radius 2 is 2.00 bits per heavy atom. The summed E-state index contributed by atoms with van der Waals surface area (Å²) in [4.78, 5) is 30.2. The number of nitrogen functional groups attached to an aromatic ring is 1. The average Bonchev–Trinajstić information content (AvgIpc) is 3.20. The molecule has 1 spiro atoms. The van der Waals surface area contributed by atoms with Gasteiger partial charge in [-0.3, -0.25) is 9.48 Å². The Bertz CT molecular complexity index is 1350. The van der Waals surface area contributed by atoms with E-state index >= 15 is 0 Å². The fraction of sp³-hybridized carbons (Fsp3) is 0.533. The number of benzene rings is 1. The predicted molar refractivity (Wildman–Crippen MR) is 160 cm³/mol. The van der Waals surface area contributed by atoms with Crippen LogP contribution in [0.15, 0.2) is 18.7 Å². The second-order valence-corrected chi connectivity index (χ2v) is 12.7. The number of halogens is 1. The molecule has 2 atom stereocenters. The lowest BCUT2D eigenvalue weighted by atomic mass is 9.60. The van der Waals surface area contributed by atoms with Gasteiger partial charge in [-0.05, 0) is 70.8 Å². The number of carbonyl (C=O) groups is 2. The first-order valence-corrected chi connectivity index (χ1v) is 14.3. The number of piperidine rings is 1. The highest BCUT2D eigenvalue weighted by molar-refractivity contribution is 6.35. The van der Waals surface area contributed by atoms with Crippen molar-refractivity contribution in [2.24, 2.45) is 17.3 Å². The molecule has 2 aromatic rings. The molecule has 2 saturated heterocycles. The third kappa shape index (κ3) is 4.73. The van der Waals surface area contributed by atoms with E-state index in [-0.39, 0.29) is 29.2 Å². The number of nitrogens with zero attached hydrogens (tertiary/aromatic N) is 5. The number of anilines is 2. The van der Waals surface area contributed by atoms with Gasteiger partial charge in [0.25, 0.3) is 0 Å². The summed E-state index contributed by atoms with van der Waals surface area (Å²) < 4.78 is 2.13. The van der Waals surface area contributed by atoms with Crippen LogP contribution in [0.1, 0.15) is 42.1 Å². The number of amides is 1. The summed E-state index contributed by atoms with van der Waals surface area (Å²) >= 11 is 6.97. The lowest BCUT2D eigenvalue weighted by Crippen LogP contribution is -2.63. The third-order valence-electron chi connectivity index (χ3n) is 9.13. The Hall–Kier alpha value is -3.17. The minimum atomic E-state index is -0.00854. The van der Waals surface area contributed by atoms with E-state index < -0.39 is 0 Å². The maximum Gasteiger partial charge on any atom is 0.245 e. The van der Waals surface area contributed by atoms with E-state index in [0.29, 0.717) is 29.4 Å². The van der Waals surface area contributed by atoms with Gasteiger partial charge in [0.15, 0.2) is 5.82 Å². The van der Waals surface area contributed by atoms with Crippen LogP contribution in [0.5, 0.6) is 0 Å². The van der Waals surface area contributed by atoms with E-state index in [0.717, 1.165) is 73.4 Å². The zero-order valence-corrected chi connectivity index (χ0v) is 24.7. The average molecular weight is 566 g/mol. The number of carbonyl (C=O) groups excluding carboxylic acids is 2. The molecule has 3 N–H and O–H groups in total. The second kappa shape index (κ2) is 10.7. The molecule has 1 aliphatic carbocycles. The lowest BCUT2D eigenvalue weighted by Gasteiger charge is -2.58. The standard InChI is InChI=1S/C30H40ClN7O2/c1-6-25(40)37-16-30(17-37)10-22(11-30)38-19(3)26(27-23(12-32)24(33)9-18(2)28(27)31)29(34-38)36-8-7-20(15-39)21(14-36)13-35(4)5/h6,9,12,15,20-22,32H,1,7-8,10-11,13-14,16-17,33H2,2-5H3. The van der Waals surface area contributed by atoms with Gasteiger partial charge in [-0.25, -0.2) is 0 Å². The van der Waals surface area contributed by atoms with E-state index in [2.05, 4.69) is 28.0 Å². The molecule has 1 saturated carbocycles. The zero-order valence-electron chi connectivity index (χ0n) is 23.9. The molecule has 1 amide bonds. The monoisotopic (exact) mass is 565 g/mol. The summed E-state index contributed by atoms with van der Waals surface area (Å²) in [5, 5.41) is 14.0. The Labute approximate surface area is 241 Å². The van der Waals surface area contributed by atoms with Gasteiger partial charge in [0.1, 0.15) is 6.29 Å². The first-order chi connectivity index (χ1) is 19.0.